The van der Waals surface area contributed by atoms with Crippen molar-refractivity contribution >= 4 is 32.8 Å². The van der Waals surface area contributed by atoms with Gasteiger partial charge in [0.15, 0.2) is 11.3 Å². The van der Waals surface area contributed by atoms with Gasteiger partial charge in [-0.05, 0) is 62.2 Å². The number of aliphatic hydroxyl groups is 1. The van der Waals surface area contributed by atoms with Crippen molar-refractivity contribution in [2.75, 3.05) is 11.3 Å². The molecular formula is C26H29N5O5S. The quantitative estimate of drug-likeness (QED) is 0.234. The third-order valence-electron chi connectivity index (χ3n) is 6.01. The number of pyridine rings is 1. The number of benzene rings is 2. The smallest absolute Gasteiger partial charge is 0.354 e. The number of carboxylic acids is 1. The SMILES string of the molecule is CC(C)(CCn1cnc2ccc(C(=O)O)nc21)NCC(O)c1cccc(NS(=O)(=O)c2ccccc2)c1. The Hall–Kier alpha value is -3.80. The molecule has 2 aromatic heterocycles. The molecule has 0 saturated heterocycles. The minimum Gasteiger partial charge on any atom is -0.477 e. The van der Waals surface area contributed by atoms with Crippen LogP contribution in [0.5, 0.6) is 0 Å². The predicted molar refractivity (Wildman–Crippen MR) is 140 cm³/mol. The van der Waals surface area contributed by atoms with E-state index in [4.69, 9.17) is 0 Å². The van der Waals surface area contributed by atoms with Crippen molar-refractivity contribution in [3.63, 3.8) is 0 Å². The summed E-state index contributed by atoms with van der Waals surface area (Å²) in [7, 11) is -3.74. The number of hydrogen-bond donors (Lipinski definition) is 4. The molecule has 0 spiro atoms. The summed E-state index contributed by atoms with van der Waals surface area (Å²) >= 11 is 0. The number of anilines is 1. The van der Waals surface area contributed by atoms with Crippen LogP contribution >= 0.6 is 0 Å². The summed E-state index contributed by atoms with van der Waals surface area (Å²) in [6.45, 7) is 4.78. The summed E-state index contributed by atoms with van der Waals surface area (Å²) in [5, 5.41) is 23.3. The standard InChI is InChI=1S/C26H29N5O5S/c1-26(2,13-14-31-17-27-21-11-12-22(25(33)34)29-24(21)31)28-16-23(32)18-7-6-8-19(15-18)30-37(35,36)20-9-4-3-5-10-20/h3-12,15,17,23,28,30,32H,13-14,16H2,1-2H3,(H,33,34). The van der Waals surface area contributed by atoms with E-state index in [-0.39, 0.29) is 22.7 Å². The molecule has 194 valence electrons. The average Bonchev–Trinajstić information content (AvgIpc) is 3.29. The first-order valence-corrected chi connectivity index (χ1v) is 13.2. The second kappa shape index (κ2) is 10.7. The molecule has 0 fully saturated rings. The fourth-order valence-corrected chi connectivity index (χ4v) is 4.90. The van der Waals surface area contributed by atoms with Crippen LogP contribution in [0, 0.1) is 0 Å². The van der Waals surface area contributed by atoms with Gasteiger partial charge < -0.3 is 20.1 Å². The van der Waals surface area contributed by atoms with E-state index in [0.29, 0.717) is 35.4 Å². The number of nitrogens with zero attached hydrogens (tertiary/aromatic N) is 3. The van der Waals surface area contributed by atoms with Gasteiger partial charge in [-0.3, -0.25) is 4.72 Å². The molecule has 1 unspecified atom stereocenters. The zero-order valence-electron chi connectivity index (χ0n) is 20.5. The molecule has 0 amide bonds. The molecule has 11 heteroatoms. The molecule has 37 heavy (non-hydrogen) atoms. The van der Waals surface area contributed by atoms with Gasteiger partial charge in [0.2, 0.25) is 0 Å². The van der Waals surface area contributed by atoms with Crippen LogP contribution in [-0.4, -0.2) is 51.2 Å². The van der Waals surface area contributed by atoms with Crippen molar-refractivity contribution in [2.24, 2.45) is 0 Å². The Labute approximate surface area is 215 Å². The van der Waals surface area contributed by atoms with Crippen LogP contribution < -0.4 is 10.0 Å². The average molecular weight is 524 g/mol. The number of imidazole rings is 1. The van der Waals surface area contributed by atoms with E-state index in [9.17, 15) is 23.4 Å². The lowest BCUT2D eigenvalue weighted by Gasteiger charge is -2.28. The van der Waals surface area contributed by atoms with Crippen LogP contribution in [0.15, 0.2) is 78.0 Å². The fourth-order valence-electron chi connectivity index (χ4n) is 3.82. The number of nitrogens with one attached hydrogen (secondary N) is 2. The second-order valence-electron chi connectivity index (χ2n) is 9.36. The number of aryl methyl sites for hydroxylation is 1. The lowest BCUT2D eigenvalue weighted by Crippen LogP contribution is -2.42. The monoisotopic (exact) mass is 523 g/mol. The minimum absolute atomic E-state index is 0.0388. The molecular weight excluding hydrogens is 494 g/mol. The van der Waals surface area contributed by atoms with E-state index >= 15 is 0 Å². The zero-order chi connectivity index (χ0) is 26.6. The molecule has 4 aromatic rings. The van der Waals surface area contributed by atoms with Crippen molar-refractivity contribution < 1.29 is 23.4 Å². The van der Waals surface area contributed by atoms with Crippen LogP contribution in [0.2, 0.25) is 0 Å². The number of β-amino-alcohol motifs (C(OH)–C–C–N with tert-alkyl or cyclic N) is 1. The highest BCUT2D eigenvalue weighted by molar-refractivity contribution is 7.92. The van der Waals surface area contributed by atoms with Gasteiger partial charge >= 0.3 is 5.97 Å². The number of hydrogen-bond acceptors (Lipinski definition) is 7. The van der Waals surface area contributed by atoms with Crippen LogP contribution in [0.4, 0.5) is 5.69 Å². The van der Waals surface area contributed by atoms with Gasteiger partial charge in [-0.2, -0.15) is 0 Å². The molecule has 1 atom stereocenters. The maximum atomic E-state index is 12.6. The highest BCUT2D eigenvalue weighted by atomic mass is 32.2. The zero-order valence-corrected chi connectivity index (χ0v) is 21.3. The van der Waals surface area contributed by atoms with Crippen LogP contribution in [0.1, 0.15) is 42.4 Å². The third-order valence-corrected chi connectivity index (χ3v) is 7.41. The molecule has 2 heterocycles. The maximum Gasteiger partial charge on any atom is 0.354 e. The van der Waals surface area contributed by atoms with E-state index in [2.05, 4.69) is 20.0 Å². The Morgan fingerprint density at radius 2 is 1.84 bits per heavy atom. The lowest BCUT2D eigenvalue weighted by atomic mass is 9.99. The van der Waals surface area contributed by atoms with Crippen molar-refractivity contribution in [2.45, 2.75) is 43.4 Å². The van der Waals surface area contributed by atoms with Gasteiger partial charge in [0, 0.05) is 24.3 Å². The van der Waals surface area contributed by atoms with Gasteiger partial charge in [0.25, 0.3) is 10.0 Å². The van der Waals surface area contributed by atoms with E-state index in [1.54, 1.807) is 54.9 Å². The number of aromatic carboxylic acids is 1. The molecule has 0 saturated carbocycles. The summed E-state index contributed by atoms with van der Waals surface area (Å²) in [6.07, 6.45) is 1.42. The molecule has 0 radical (unpaired) electrons. The normalized spacial score (nSPS) is 12.9. The van der Waals surface area contributed by atoms with Gasteiger partial charge in [0.1, 0.15) is 5.52 Å². The summed E-state index contributed by atoms with van der Waals surface area (Å²) in [4.78, 5) is 19.9. The molecule has 4 N–H and O–H groups in total. The Kier molecular flexibility index (Phi) is 7.58. The molecule has 0 aliphatic rings. The molecule has 0 aliphatic carbocycles. The number of carboxylic acid groups (broad SMARTS) is 1. The fraction of sp³-hybridized carbons (Fsp3) is 0.269. The second-order valence-corrected chi connectivity index (χ2v) is 11.0. The Bertz CT molecular complexity index is 1500. The van der Waals surface area contributed by atoms with Gasteiger partial charge in [0.05, 0.1) is 17.3 Å². The minimum atomic E-state index is -3.74. The number of aromatic nitrogens is 3. The number of rotatable bonds is 11. The van der Waals surface area contributed by atoms with Gasteiger partial charge in [-0.15, -0.1) is 0 Å². The maximum absolute atomic E-state index is 12.6. The number of aliphatic hydroxyl groups excluding tert-OH is 1. The van der Waals surface area contributed by atoms with Crippen LogP contribution in [-0.2, 0) is 16.6 Å². The first-order chi connectivity index (χ1) is 17.5. The highest BCUT2D eigenvalue weighted by Crippen LogP contribution is 2.22. The third kappa shape index (κ3) is 6.50. The molecule has 0 bridgehead atoms. The van der Waals surface area contributed by atoms with Crippen molar-refractivity contribution in [1.82, 2.24) is 19.9 Å². The number of sulfonamides is 1. The van der Waals surface area contributed by atoms with Crippen LogP contribution in [0.3, 0.4) is 0 Å². The van der Waals surface area contributed by atoms with Crippen molar-refractivity contribution in [3.05, 3.63) is 84.3 Å². The van der Waals surface area contributed by atoms with Crippen LogP contribution in [0.25, 0.3) is 11.2 Å². The summed E-state index contributed by atoms with van der Waals surface area (Å²) in [5.41, 5.74) is 1.64. The first kappa shape index (κ1) is 26.3. The Morgan fingerprint density at radius 1 is 1.08 bits per heavy atom. The van der Waals surface area contributed by atoms with E-state index < -0.39 is 22.1 Å². The topological polar surface area (TPSA) is 146 Å². The Balaban J connectivity index is 1.37. The van der Waals surface area contributed by atoms with Crippen molar-refractivity contribution in [1.29, 1.82) is 0 Å². The molecule has 0 aliphatic heterocycles. The highest BCUT2D eigenvalue weighted by Gasteiger charge is 2.21. The summed E-state index contributed by atoms with van der Waals surface area (Å²) in [5.74, 6) is -1.09. The molecule has 4 rings (SSSR count). The summed E-state index contributed by atoms with van der Waals surface area (Å²) < 4.78 is 29.6. The van der Waals surface area contributed by atoms with E-state index in [0.717, 1.165) is 0 Å². The Morgan fingerprint density at radius 3 is 2.57 bits per heavy atom. The lowest BCUT2D eigenvalue weighted by molar-refractivity contribution is 0.0690. The van der Waals surface area contributed by atoms with E-state index in [1.165, 1.54) is 18.2 Å². The van der Waals surface area contributed by atoms with Gasteiger partial charge in [-0.1, -0.05) is 30.3 Å². The van der Waals surface area contributed by atoms with Crippen molar-refractivity contribution in [3.8, 4) is 0 Å². The van der Waals surface area contributed by atoms with E-state index in [1.807, 2.05) is 18.4 Å². The molecule has 2 aromatic carbocycles. The first-order valence-electron chi connectivity index (χ1n) is 11.7. The number of carbonyl (C=O) groups is 1. The predicted octanol–water partition coefficient (Wildman–Crippen LogP) is 3.42. The van der Waals surface area contributed by atoms with Gasteiger partial charge in [-0.25, -0.2) is 23.2 Å². The molecule has 10 nitrogen and oxygen atoms in total. The summed E-state index contributed by atoms with van der Waals surface area (Å²) in [6, 6.07) is 17.8. The largest absolute Gasteiger partial charge is 0.477 e. The number of fused-ring (bicyclic) bond motifs is 1.